The van der Waals surface area contributed by atoms with Crippen molar-refractivity contribution < 1.29 is 4.79 Å². The molecule has 1 rings (SSSR count). The van der Waals surface area contributed by atoms with Crippen molar-refractivity contribution in [3.8, 4) is 0 Å². The molecule has 0 bridgehead atoms. The van der Waals surface area contributed by atoms with Crippen LogP contribution in [0.2, 0.25) is 0 Å². The summed E-state index contributed by atoms with van der Waals surface area (Å²) in [5.74, 6) is 0.395. The van der Waals surface area contributed by atoms with Crippen LogP contribution in [0.3, 0.4) is 0 Å². The van der Waals surface area contributed by atoms with E-state index in [4.69, 9.17) is 5.73 Å². The van der Waals surface area contributed by atoms with Crippen molar-refractivity contribution in [2.75, 3.05) is 11.9 Å². The number of hydrogen-bond acceptors (Lipinski definition) is 4. The monoisotopic (exact) mass is 227 g/mol. The second-order valence-corrected chi connectivity index (χ2v) is 4.69. The van der Waals surface area contributed by atoms with Gasteiger partial charge in [0.2, 0.25) is 5.91 Å². The molecule has 0 aliphatic rings. The van der Waals surface area contributed by atoms with Crippen LogP contribution >= 0.6 is 11.3 Å². The largest absolute Gasteiger partial charge is 0.330 e. The van der Waals surface area contributed by atoms with Gasteiger partial charge in [-0.15, -0.1) is 11.3 Å². The van der Waals surface area contributed by atoms with Crippen LogP contribution in [0.1, 0.15) is 26.0 Å². The van der Waals surface area contributed by atoms with E-state index in [0.717, 1.165) is 12.1 Å². The van der Waals surface area contributed by atoms with Crippen molar-refractivity contribution in [1.29, 1.82) is 0 Å². The highest BCUT2D eigenvalue weighted by atomic mass is 32.1. The second-order valence-electron chi connectivity index (χ2n) is 3.83. The Bertz CT molecular complexity index is 322. The maximum absolute atomic E-state index is 11.4. The number of amides is 1. The molecule has 1 aromatic rings. The first kappa shape index (κ1) is 12.1. The van der Waals surface area contributed by atoms with Gasteiger partial charge in [-0.2, -0.15) is 0 Å². The predicted octanol–water partition coefficient (Wildman–Crippen LogP) is 1.63. The fourth-order valence-corrected chi connectivity index (χ4v) is 1.93. The first-order chi connectivity index (χ1) is 7.11. The zero-order valence-electron chi connectivity index (χ0n) is 9.12. The van der Waals surface area contributed by atoms with Crippen LogP contribution in [0.4, 0.5) is 5.13 Å². The van der Waals surface area contributed by atoms with E-state index in [1.807, 2.05) is 19.2 Å². The molecule has 0 aromatic carbocycles. The molecule has 15 heavy (non-hydrogen) atoms. The molecule has 5 heteroatoms. The van der Waals surface area contributed by atoms with Crippen LogP contribution in [0.25, 0.3) is 0 Å². The van der Waals surface area contributed by atoms with Gasteiger partial charge in [-0.3, -0.25) is 4.79 Å². The van der Waals surface area contributed by atoms with Crippen LogP contribution in [0.15, 0.2) is 5.38 Å². The van der Waals surface area contributed by atoms with Crippen LogP contribution in [0, 0.1) is 5.92 Å². The number of thiazole rings is 1. The van der Waals surface area contributed by atoms with Gasteiger partial charge in [-0.1, -0.05) is 13.8 Å². The van der Waals surface area contributed by atoms with Gasteiger partial charge < -0.3 is 11.1 Å². The summed E-state index contributed by atoms with van der Waals surface area (Å²) in [5.41, 5.74) is 6.36. The first-order valence-corrected chi connectivity index (χ1v) is 5.94. The lowest BCUT2D eigenvalue weighted by atomic mass is 10.1. The van der Waals surface area contributed by atoms with E-state index in [1.165, 1.54) is 11.3 Å². The highest BCUT2D eigenvalue weighted by Crippen LogP contribution is 2.16. The molecule has 0 atom stereocenters. The number of nitrogens with one attached hydrogen (secondary N) is 1. The molecule has 0 saturated heterocycles. The van der Waals surface area contributed by atoms with Gasteiger partial charge in [0.1, 0.15) is 0 Å². The second kappa shape index (κ2) is 5.82. The SMILES string of the molecule is CC(C)CC(=O)Nc1nc(CCN)cs1. The molecule has 0 spiro atoms. The van der Waals surface area contributed by atoms with Gasteiger partial charge in [-0.05, 0) is 12.5 Å². The summed E-state index contributed by atoms with van der Waals surface area (Å²) in [6, 6.07) is 0. The van der Waals surface area contributed by atoms with Crippen molar-refractivity contribution in [3.63, 3.8) is 0 Å². The molecule has 0 radical (unpaired) electrons. The Morgan fingerprint density at radius 2 is 2.40 bits per heavy atom. The number of anilines is 1. The number of nitrogens with two attached hydrogens (primary N) is 1. The zero-order valence-corrected chi connectivity index (χ0v) is 9.93. The van der Waals surface area contributed by atoms with Gasteiger partial charge in [-0.25, -0.2) is 4.98 Å². The minimum absolute atomic E-state index is 0.0265. The number of rotatable bonds is 5. The van der Waals surface area contributed by atoms with Crippen molar-refractivity contribution in [1.82, 2.24) is 4.98 Å². The number of hydrogen-bond donors (Lipinski definition) is 2. The molecule has 3 N–H and O–H groups in total. The Hall–Kier alpha value is -0.940. The van der Waals surface area contributed by atoms with Gasteiger partial charge >= 0.3 is 0 Å². The fourth-order valence-electron chi connectivity index (χ4n) is 1.17. The third kappa shape index (κ3) is 4.40. The summed E-state index contributed by atoms with van der Waals surface area (Å²) in [4.78, 5) is 15.7. The molecule has 4 nitrogen and oxygen atoms in total. The molecule has 0 saturated carbocycles. The number of carbonyl (C=O) groups excluding carboxylic acids is 1. The Labute approximate surface area is 93.9 Å². The average molecular weight is 227 g/mol. The predicted molar refractivity (Wildman–Crippen MR) is 63.0 cm³/mol. The number of nitrogens with zero attached hydrogens (tertiary/aromatic N) is 1. The van der Waals surface area contributed by atoms with Gasteiger partial charge in [0.15, 0.2) is 5.13 Å². The van der Waals surface area contributed by atoms with Crippen LogP contribution in [-0.4, -0.2) is 17.4 Å². The Kier molecular flexibility index (Phi) is 4.71. The molecule has 0 aliphatic carbocycles. The normalized spacial score (nSPS) is 10.7. The smallest absolute Gasteiger partial charge is 0.226 e. The highest BCUT2D eigenvalue weighted by Gasteiger charge is 2.07. The fraction of sp³-hybridized carbons (Fsp3) is 0.600. The first-order valence-electron chi connectivity index (χ1n) is 5.06. The van der Waals surface area contributed by atoms with E-state index < -0.39 is 0 Å². The number of carbonyl (C=O) groups is 1. The minimum atomic E-state index is 0.0265. The van der Waals surface area contributed by atoms with Crippen molar-refractivity contribution in [3.05, 3.63) is 11.1 Å². The van der Waals surface area contributed by atoms with E-state index in [2.05, 4.69) is 10.3 Å². The molecule has 0 unspecified atom stereocenters. The van der Waals surface area contributed by atoms with E-state index in [0.29, 0.717) is 24.0 Å². The maximum atomic E-state index is 11.4. The lowest BCUT2D eigenvalue weighted by Gasteiger charge is -2.03. The van der Waals surface area contributed by atoms with Gasteiger partial charge in [0.25, 0.3) is 0 Å². The topological polar surface area (TPSA) is 68.0 Å². The van der Waals surface area contributed by atoms with E-state index in [1.54, 1.807) is 0 Å². The molecule has 84 valence electrons. The third-order valence-electron chi connectivity index (χ3n) is 1.79. The van der Waals surface area contributed by atoms with E-state index >= 15 is 0 Å². The maximum Gasteiger partial charge on any atom is 0.226 e. The average Bonchev–Trinajstić information content (AvgIpc) is 2.51. The van der Waals surface area contributed by atoms with E-state index in [9.17, 15) is 4.79 Å². The molecule has 0 aliphatic heterocycles. The third-order valence-corrected chi connectivity index (χ3v) is 2.60. The van der Waals surface area contributed by atoms with Crippen molar-refractivity contribution >= 4 is 22.4 Å². The van der Waals surface area contributed by atoms with Crippen LogP contribution in [0.5, 0.6) is 0 Å². The summed E-state index contributed by atoms with van der Waals surface area (Å²) < 4.78 is 0. The Morgan fingerprint density at radius 3 is 3.00 bits per heavy atom. The summed E-state index contributed by atoms with van der Waals surface area (Å²) in [7, 11) is 0. The molecular weight excluding hydrogens is 210 g/mol. The standard InChI is InChI=1S/C10H17N3OS/c1-7(2)5-9(14)13-10-12-8(3-4-11)6-15-10/h6-7H,3-5,11H2,1-2H3,(H,12,13,14). The molecular formula is C10H17N3OS. The van der Waals surface area contributed by atoms with Crippen LogP contribution in [-0.2, 0) is 11.2 Å². The lowest BCUT2D eigenvalue weighted by molar-refractivity contribution is -0.116. The molecule has 0 fully saturated rings. The summed E-state index contributed by atoms with van der Waals surface area (Å²) in [6.45, 7) is 4.62. The summed E-state index contributed by atoms with van der Waals surface area (Å²) in [6.07, 6.45) is 1.29. The highest BCUT2D eigenvalue weighted by molar-refractivity contribution is 7.13. The summed E-state index contributed by atoms with van der Waals surface area (Å²) in [5, 5.41) is 5.38. The summed E-state index contributed by atoms with van der Waals surface area (Å²) >= 11 is 1.45. The Balaban J connectivity index is 2.46. The molecule has 1 amide bonds. The Morgan fingerprint density at radius 1 is 1.67 bits per heavy atom. The van der Waals surface area contributed by atoms with Gasteiger partial charge in [0.05, 0.1) is 5.69 Å². The quantitative estimate of drug-likeness (QED) is 0.803. The lowest BCUT2D eigenvalue weighted by Crippen LogP contribution is -2.13. The molecule has 1 heterocycles. The van der Waals surface area contributed by atoms with Crippen LogP contribution < -0.4 is 11.1 Å². The van der Waals surface area contributed by atoms with E-state index in [-0.39, 0.29) is 5.91 Å². The van der Waals surface area contributed by atoms with Crippen molar-refractivity contribution in [2.45, 2.75) is 26.7 Å². The number of aromatic nitrogens is 1. The van der Waals surface area contributed by atoms with Crippen molar-refractivity contribution in [2.24, 2.45) is 11.7 Å². The van der Waals surface area contributed by atoms with Gasteiger partial charge in [0, 0.05) is 18.2 Å². The molecule has 1 aromatic heterocycles. The minimum Gasteiger partial charge on any atom is -0.330 e. The zero-order chi connectivity index (χ0) is 11.3.